The monoisotopic (exact) mass is 347 g/mol. The van der Waals surface area contributed by atoms with Gasteiger partial charge < -0.3 is 20.3 Å². The topological polar surface area (TPSA) is 95.9 Å². The Hall–Kier alpha value is -2.77. The van der Waals surface area contributed by atoms with Crippen LogP contribution in [-0.4, -0.2) is 35.2 Å². The van der Waals surface area contributed by atoms with E-state index in [9.17, 15) is 24.2 Å². The third kappa shape index (κ3) is 5.10. The lowest BCUT2D eigenvalue weighted by Crippen LogP contribution is -2.36. The molecule has 1 amide bonds. The zero-order chi connectivity index (χ0) is 18.2. The van der Waals surface area contributed by atoms with Crippen LogP contribution >= 0.6 is 0 Å². The molecule has 6 nitrogen and oxygen atoms in total. The molecule has 2 rings (SSSR count). The van der Waals surface area contributed by atoms with Gasteiger partial charge in [0.15, 0.2) is 6.29 Å². The Labute approximate surface area is 143 Å². The standard InChI is InChI=1S/C18H18FNO5/c19-15-8-4-7-13(14(15)10-21)17(23)16(22)9-20-18(24)25-11-12-5-2-1-3-6-12/h1-8,10,16-17,22-23H,9,11H2,(H,20,24). The normalized spacial score (nSPS) is 12.9. The first-order chi connectivity index (χ1) is 12.0. The predicted molar refractivity (Wildman–Crippen MR) is 87.4 cm³/mol. The Morgan fingerprint density at radius 1 is 1.16 bits per heavy atom. The Morgan fingerprint density at radius 2 is 1.88 bits per heavy atom. The van der Waals surface area contributed by atoms with Gasteiger partial charge in [-0.2, -0.15) is 0 Å². The first-order valence-electron chi connectivity index (χ1n) is 7.57. The van der Waals surface area contributed by atoms with Crippen LogP contribution in [0.3, 0.4) is 0 Å². The molecule has 0 saturated carbocycles. The van der Waals surface area contributed by atoms with Crippen molar-refractivity contribution in [2.45, 2.75) is 18.8 Å². The molecule has 0 aromatic heterocycles. The van der Waals surface area contributed by atoms with Gasteiger partial charge in [0.1, 0.15) is 24.6 Å². The highest BCUT2D eigenvalue weighted by Gasteiger charge is 2.23. The van der Waals surface area contributed by atoms with Crippen LogP contribution in [0.1, 0.15) is 27.6 Å². The number of hydrogen-bond donors (Lipinski definition) is 3. The average Bonchev–Trinajstić information content (AvgIpc) is 2.64. The van der Waals surface area contributed by atoms with Crippen molar-refractivity contribution in [2.75, 3.05) is 6.54 Å². The zero-order valence-electron chi connectivity index (χ0n) is 13.3. The van der Waals surface area contributed by atoms with Crippen molar-refractivity contribution in [2.24, 2.45) is 0 Å². The Morgan fingerprint density at radius 3 is 2.56 bits per heavy atom. The number of halogens is 1. The quantitative estimate of drug-likeness (QED) is 0.666. The van der Waals surface area contributed by atoms with Crippen LogP contribution in [0, 0.1) is 5.82 Å². The maximum absolute atomic E-state index is 13.5. The summed E-state index contributed by atoms with van der Waals surface area (Å²) in [5.74, 6) is -0.797. The summed E-state index contributed by atoms with van der Waals surface area (Å²) in [7, 11) is 0. The summed E-state index contributed by atoms with van der Waals surface area (Å²) in [5.41, 5.74) is 0.413. The molecule has 2 atom stereocenters. The lowest BCUT2D eigenvalue weighted by molar-refractivity contribution is 0.0179. The predicted octanol–water partition coefficient (Wildman–Crippen LogP) is 1.96. The lowest BCUT2D eigenvalue weighted by atomic mass is 9.99. The number of rotatable bonds is 7. The number of aliphatic hydroxyl groups excluding tert-OH is 2. The van der Waals surface area contributed by atoms with E-state index in [1.165, 1.54) is 12.1 Å². The van der Waals surface area contributed by atoms with Gasteiger partial charge in [-0.15, -0.1) is 0 Å². The van der Waals surface area contributed by atoms with E-state index in [2.05, 4.69) is 5.32 Å². The van der Waals surface area contributed by atoms with Crippen molar-refractivity contribution in [3.8, 4) is 0 Å². The number of aliphatic hydroxyl groups is 2. The second-order valence-corrected chi connectivity index (χ2v) is 5.32. The number of carbonyl (C=O) groups excluding carboxylic acids is 2. The molecule has 0 spiro atoms. The molecule has 0 aliphatic rings. The molecular formula is C18H18FNO5. The molecule has 0 aliphatic carbocycles. The maximum Gasteiger partial charge on any atom is 0.407 e. The van der Waals surface area contributed by atoms with Crippen molar-refractivity contribution >= 4 is 12.4 Å². The molecule has 0 fully saturated rings. The second kappa shape index (κ2) is 8.91. The van der Waals surface area contributed by atoms with E-state index >= 15 is 0 Å². The first-order valence-corrected chi connectivity index (χ1v) is 7.57. The van der Waals surface area contributed by atoms with Crippen LogP contribution in [0.5, 0.6) is 0 Å². The molecule has 0 radical (unpaired) electrons. The number of nitrogens with one attached hydrogen (secondary N) is 1. The van der Waals surface area contributed by atoms with Crippen molar-refractivity contribution < 1.29 is 28.9 Å². The molecule has 7 heteroatoms. The van der Waals surface area contributed by atoms with E-state index in [0.29, 0.717) is 0 Å². The highest BCUT2D eigenvalue weighted by molar-refractivity contribution is 5.78. The van der Waals surface area contributed by atoms with Gasteiger partial charge in [0.25, 0.3) is 0 Å². The minimum Gasteiger partial charge on any atom is -0.445 e. The van der Waals surface area contributed by atoms with Gasteiger partial charge in [-0.25, -0.2) is 9.18 Å². The highest BCUT2D eigenvalue weighted by Crippen LogP contribution is 2.22. The van der Waals surface area contributed by atoms with Gasteiger partial charge in [-0.1, -0.05) is 42.5 Å². The van der Waals surface area contributed by atoms with Crippen LogP contribution in [0.4, 0.5) is 9.18 Å². The van der Waals surface area contributed by atoms with Crippen LogP contribution in [0.15, 0.2) is 48.5 Å². The number of amides is 1. The molecule has 0 bridgehead atoms. The minimum absolute atomic E-state index is 0.0537. The molecule has 132 valence electrons. The van der Waals surface area contributed by atoms with E-state index in [-0.39, 0.29) is 30.6 Å². The molecule has 3 N–H and O–H groups in total. The minimum atomic E-state index is -1.54. The molecule has 0 saturated heterocycles. The summed E-state index contributed by atoms with van der Waals surface area (Å²) in [5, 5.41) is 22.3. The van der Waals surface area contributed by atoms with E-state index < -0.39 is 24.1 Å². The van der Waals surface area contributed by atoms with Crippen molar-refractivity contribution in [3.63, 3.8) is 0 Å². The Balaban J connectivity index is 1.87. The number of ether oxygens (including phenoxy) is 1. The molecule has 25 heavy (non-hydrogen) atoms. The smallest absolute Gasteiger partial charge is 0.407 e. The van der Waals surface area contributed by atoms with Gasteiger partial charge in [0.2, 0.25) is 0 Å². The molecule has 2 aromatic carbocycles. The van der Waals surface area contributed by atoms with Crippen LogP contribution in [0.2, 0.25) is 0 Å². The van der Waals surface area contributed by atoms with Crippen LogP contribution < -0.4 is 5.32 Å². The average molecular weight is 347 g/mol. The van der Waals surface area contributed by atoms with Gasteiger partial charge in [0, 0.05) is 6.54 Å². The first kappa shape index (κ1) is 18.6. The molecule has 0 heterocycles. The molecule has 2 unspecified atom stereocenters. The summed E-state index contributed by atoms with van der Waals surface area (Å²) in [4.78, 5) is 22.6. The van der Waals surface area contributed by atoms with Crippen molar-refractivity contribution in [3.05, 3.63) is 71.0 Å². The third-order valence-corrected chi connectivity index (χ3v) is 3.56. The van der Waals surface area contributed by atoms with E-state index in [4.69, 9.17) is 4.74 Å². The van der Waals surface area contributed by atoms with Crippen LogP contribution in [0.25, 0.3) is 0 Å². The summed E-state index contributed by atoms with van der Waals surface area (Å²) in [6, 6.07) is 12.7. The summed E-state index contributed by atoms with van der Waals surface area (Å²) in [6.07, 6.45) is -3.48. The van der Waals surface area contributed by atoms with Gasteiger partial charge in [0.05, 0.1) is 5.56 Å². The number of hydrogen-bond acceptors (Lipinski definition) is 5. The highest BCUT2D eigenvalue weighted by atomic mass is 19.1. The van der Waals surface area contributed by atoms with E-state index in [1.54, 1.807) is 24.3 Å². The summed E-state index contributed by atoms with van der Waals surface area (Å²) in [6.45, 7) is -0.270. The number of alkyl carbamates (subject to hydrolysis) is 1. The fourth-order valence-electron chi connectivity index (χ4n) is 2.22. The second-order valence-electron chi connectivity index (χ2n) is 5.32. The fourth-order valence-corrected chi connectivity index (χ4v) is 2.22. The molecule has 2 aromatic rings. The van der Waals surface area contributed by atoms with Gasteiger partial charge in [-0.3, -0.25) is 4.79 Å². The number of carbonyl (C=O) groups is 2. The van der Waals surface area contributed by atoms with Gasteiger partial charge >= 0.3 is 6.09 Å². The fraction of sp³-hybridized carbons (Fsp3) is 0.222. The third-order valence-electron chi connectivity index (χ3n) is 3.56. The van der Waals surface area contributed by atoms with Gasteiger partial charge in [-0.05, 0) is 17.2 Å². The maximum atomic E-state index is 13.5. The molecule has 0 aliphatic heterocycles. The van der Waals surface area contributed by atoms with Crippen LogP contribution in [-0.2, 0) is 11.3 Å². The Kier molecular flexibility index (Phi) is 6.62. The summed E-state index contributed by atoms with van der Waals surface area (Å²) < 4.78 is 18.5. The number of aldehydes is 1. The number of benzene rings is 2. The lowest BCUT2D eigenvalue weighted by Gasteiger charge is -2.20. The molecular weight excluding hydrogens is 329 g/mol. The summed E-state index contributed by atoms with van der Waals surface area (Å²) >= 11 is 0. The van der Waals surface area contributed by atoms with Crippen molar-refractivity contribution in [1.29, 1.82) is 0 Å². The SMILES string of the molecule is O=Cc1c(F)cccc1C(O)C(O)CNC(=O)OCc1ccccc1. The van der Waals surface area contributed by atoms with E-state index in [1.807, 2.05) is 6.07 Å². The largest absolute Gasteiger partial charge is 0.445 e. The van der Waals surface area contributed by atoms with E-state index in [0.717, 1.165) is 11.6 Å². The zero-order valence-corrected chi connectivity index (χ0v) is 13.3. The van der Waals surface area contributed by atoms with Crippen molar-refractivity contribution in [1.82, 2.24) is 5.32 Å². The Bertz CT molecular complexity index is 723.